The molecule has 0 unspecified atom stereocenters. The van der Waals surface area contributed by atoms with Gasteiger partial charge in [0, 0.05) is 25.2 Å². The number of ether oxygens (including phenoxy) is 2. The van der Waals surface area contributed by atoms with Gasteiger partial charge in [-0.1, -0.05) is 12.1 Å². The average molecular weight is 387 g/mol. The maximum absolute atomic E-state index is 13.7. The smallest absolute Gasteiger partial charge is 0.255 e. The molecular weight excluding hydrogens is 365 g/mol. The first-order valence-corrected chi connectivity index (χ1v) is 8.90. The van der Waals surface area contributed by atoms with Crippen LogP contribution in [-0.2, 0) is 4.79 Å². The molecule has 2 aromatic carbocycles. The van der Waals surface area contributed by atoms with Crippen molar-refractivity contribution in [1.29, 1.82) is 0 Å². The molecule has 7 nitrogen and oxygen atoms in total. The van der Waals surface area contributed by atoms with Crippen LogP contribution in [0.5, 0.6) is 11.5 Å². The number of carbonyl (C=O) groups is 2. The fraction of sp³-hybridized carbons (Fsp3) is 0.300. The molecule has 2 amide bonds. The van der Waals surface area contributed by atoms with Crippen molar-refractivity contribution in [2.24, 2.45) is 5.73 Å². The summed E-state index contributed by atoms with van der Waals surface area (Å²) in [6.07, 6.45) is 0. The van der Waals surface area contributed by atoms with E-state index in [2.05, 4.69) is 5.32 Å². The summed E-state index contributed by atoms with van der Waals surface area (Å²) in [5.74, 6) is -0.301. The molecule has 0 bridgehead atoms. The van der Waals surface area contributed by atoms with Crippen LogP contribution in [0, 0.1) is 5.82 Å². The molecule has 1 aliphatic rings. The third-order valence-corrected chi connectivity index (χ3v) is 4.42. The number of methoxy groups -OCH3 is 1. The van der Waals surface area contributed by atoms with Crippen LogP contribution in [-0.4, -0.2) is 50.1 Å². The average Bonchev–Trinajstić information content (AvgIpc) is 2.71. The summed E-state index contributed by atoms with van der Waals surface area (Å²) in [7, 11) is 1.47. The number of amides is 2. The second-order valence-corrected chi connectivity index (χ2v) is 6.25. The zero-order chi connectivity index (χ0) is 20.1. The Bertz CT molecular complexity index is 874. The van der Waals surface area contributed by atoms with Crippen LogP contribution < -0.4 is 20.5 Å². The highest BCUT2D eigenvalue weighted by molar-refractivity contribution is 5.99. The zero-order valence-corrected chi connectivity index (χ0v) is 15.5. The van der Waals surface area contributed by atoms with Crippen molar-refractivity contribution in [2.45, 2.75) is 6.04 Å². The highest BCUT2D eigenvalue weighted by Crippen LogP contribution is 2.31. The standard InChI is InChI=1S/C20H22FN3O4/c1-27-17-12-14(5-6-16(17)28-10-7-22)20(26)24-9-8-23-19(25)18(24)13-3-2-4-15(21)11-13/h2-6,11-12,18H,7-10,22H2,1H3,(H,23,25)/t18-/m0/s1. The highest BCUT2D eigenvalue weighted by Gasteiger charge is 2.35. The third-order valence-electron chi connectivity index (χ3n) is 4.42. The maximum Gasteiger partial charge on any atom is 0.255 e. The van der Waals surface area contributed by atoms with Gasteiger partial charge < -0.3 is 25.4 Å². The minimum Gasteiger partial charge on any atom is -0.493 e. The van der Waals surface area contributed by atoms with Crippen LogP contribution >= 0.6 is 0 Å². The van der Waals surface area contributed by atoms with Crippen LogP contribution in [0.4, 0.5) is 4.39 Å². The number of hydrogen-bond donors (Lipinski definition) is 2. The molecule has 1 saturated heterocycles. The monoisotopic (exact) mass is 387 g/mol. The normalized spacial score (nSPS) is 16.5. The van der Waals surface area contributed by atoms with Crippen LogP contribution in [0.25, 0.3) is 0 Å². The van der Waals surface area contributed by atoms with E-state index in [4.69, 9.17) is 15.2 Å². The molecule has 28 heavy (non-hydrogen) atoms. The number of nitrogens with two attached hydrogens (primary N) is 1. The number of piperazine rings is 1. The predicted octanol–water partition coefficient (Wildman–Crippen LogP) is 1.49. The van der Waals surface area contributed by atoms with Gasteiger partial charge in [-0.3, -0.25) is 9.59 Å². The molecule has 0 aromatic heterocycles. The van der Waals surface area contributed by atoms with E-state index in [1.807, 2.05) is 0 Å². The van der Waals surface area contributed by atoms with Crippen molar-refractivity contribution >= 4 is 11.8 Å². The van der Waals surface area contributed by atoms with E-state index >= 15 is 0 Å². The largest absolute Gasteiger partial charge is 0.493 e. The number of nitrogens with one attached hydrogen (secondary N) is 1. The zero-order valence-electron chi connectivity index (χ0n) is 15.5. The van der Waals surface area contributed by atoms with Gasteiger partial charge in [-0.2, -0.15) is 0 Å². The Kier molecular flexibility index (Phi) is 6.10. The first kappa shape index (κ1) is 19.6. The Morgan fingerprint density at radius 2 is 2.11 bits per heavy atom. The lowest BCUT2D eigenvalue weighted by atomic mass is 10.0. The molecule has 148 valence electrons. The molecule has 3 rings (SSSR count). The van der Waals surface area contributed by atoms with E-state index in [9.17, 15) is 14.0 Å². The molecule has 1 heterocycles. The molecule has 1 fully saturated rings. The summed E-state index contributed by atoms with van der Waals surface area (Å²) in [4.78, 5) is 27.0. The lowest BCUT2D eigenvalue weighted by Crippen LogP contribution is -2.52. The molecule has 8 heteroatoms. The van der Waals surface area contributed by atoms with Crippen molar-refractivity contribution in [3.05, 3.63) is 59.4 Å². The predicted molar refractivity (Wildman–Crippen MR) is 101 cm³/mol. The van der Waals surface area contributed by atoms with Gasteiger partial charge in [0.05, 0.1) is 7.11 Å². The van der Waals surface area contributed by atoms with Crippen LogP contribution in [0.15, 0.2) is 42.5 Å². The first-order chi connectivity index (χ1) is 13.5. The van der Waals surface area contributed by atoms with Crippen molar-refractivity contribution in [3.8, 4) is 11.5 Å². The summed E-state index contributed by atoms with van der Waals surface area (Å²) >= 11 is 0. The Balaban J connectivity index is 1.91. The molecule has 0 aliphatic carbocycles. The summed E-state index contributed by atoms with van der Waals surface area (Å²) in [5.41, 5.74) is 6.20. The van der Waals surface area contributed by atoms with Gasteiger partial charge >= 0.3 is 0 Å². The second-order valence-electron chi connectivity index (χ2n) is 6.25. The Labute approximate surface area is 162 Å². The summed E-state index contributed by atoms with van der Waals surface area (Å²) < 4.78 is 24.5. The van der Waals surface area contributed by atoms with E-state index in [1.165, 1.54) is 30.2 Å². The molecule has 2 aromatic rings. The lowest BCUT2D eigenvalue weighted by Gasteiger charge is -2.35. The van der Waals surface area contributed by atoms with Crippen LogP contribution in [0.2, 0.25) is 0 Å². The first-order valence-electron chi connectivity index (χ1n) is 8.90. The fourth-order valence-corrected chi connectivity index (χ4v) is 3.15. The van der Waals surface area contributed by atoms with Gasteiger partial charge in [-0.25, -0.2) is 4.39 Å². The molecular formula is C20H22FN3O4. The fourth-order valence-electron chi connectivity index (χ4n) is 3.15. The van der Waals surface area contributed by atoms with E-state index in [0.29, 0.717) is 48.9 Å². The summed E-state index contributed by atoms with van der Waals surface area (Å²) in [5, 5.41) is 2.73. The van der Waals surface area contributed by atoms with Gasteiger partial charge in [-0.05, 0) is 35.9 Å². The van der Waals surface area contributed by atoms with Crippen LogP contribution in [0.1, 0.15) is 22.0 Å². The molecule has 0 radical (unpaired) electrons. The van der Waals surface area contributed by atoms with E-state index < -0.39 is 11.9 Å². The number of benzene rings is 2. The van der Waals surface area contributed by atoms with E-state index in [1.54, 1.807) is 24.3 Å². The van der Waals surface area contributed by atoms with Crippen molar-refractivity contribution in [2.75, 3.05) is 33.4 Å². The second kappa shape index (κ2) is 8.71. The molecule has 1 atom stereocenters. The Morgan fingerprint density at radius 1 is 1.29 bits per heavy atom. The molecule has 3 N–H and O–H groups in total. The van der Waals surface area contributed by atoms with Gasteiger partial charge in [0.15, 0.2) is 11.5 Å². The van der Waals surface area contributed by atoms with Crippen molar-refractivity contribution in [3.63, 3.8) is 0 Å². The lowest BCUT2D eigenvalue weighted by molar-refractivity contribution is -0.128. The topological polar surface area (TPSA) is 93.9 Å². The third kappa shape index (κ3) is 4.07. The number of rotatable bonds is 6. The SMILES string of the molecule is COc1cc(C(=O)N2CCNC(=O)[C@@H]2c2cccc(F)c2)ccc1OCCN. The molecule has 0 spiro atoms. The van der Waals surface area contributed by atoms with Gasteiger partial charge in [0.1, 0.15) is 18.5 Å². The van der Waals surface area contributed by atoms with E-state index in [-0.39, 0.29) is 11.8 Å². The Morgan fingerprint density at radius 3 is 2.82 bits per heavy atom. The van der Waals surface area contributed by atoms with Crippen molar-refractivity contribution < 1.29 is 23.5 Å². The number of halogens is 1. The number of hydrogen-bond acceptors (Lipinski definition) is 5. The minimum absolute atomic E-state index is 0.305. The number of carbonyl (C=O) groups excluding carboxylic acids is 2. The van der Waals surface area contributed by atoms with Gasteiger partial charge in [-0.15, -0.1) is 0 Å². The van der Waals surface area contributed by atoms with Crippen molar-refractivity contribution in [1.82, 2.24) is 10.2 Å². The summed E-state index contributed by atoms with van der Waals surface area (Å²) in [6.45, 7) is 1.30. The molecule has 0 saturated carbocycles. The minimum atomic E-state index is -0.906. The van der Waals surface area contributed by atoms with E-state index in [0.717, 1.165) is 0 Å². The van der Waals surface area contributed by atoms with Gasteiger partial charge in [0.25, 0.3) is 5.91 Å². The maximum atomic E-state index is 13.7. The van der Waals surface area contributed by atoms with Gasteiger partial charge in [0.2, 0.25) is 5.91 Å². The quantitative estimate of drug-likeness (QED) is 0.783. The molecule has 1 aliphatic heterocycles. The highest BCUT2D eigenvalue weighted by atomic mass is 19.1. The summed E-state index contributed by atoms with van der Waals surface area (Å²) in [6, 6.07) is 9.58. The Hall–Kier alpha value is -3.13. The van der Waals surface area contributed by atoms with Crippen LogP contribution in [0.3, 0.4) is 0 Å². The number of nitrogens with zero attached hydrogens (tertiary/aromatic N) is 1.